The van der Waals surface area contributed by atoms with Gasteiger partial charge in [0.25, 0.3) is 15.7 Å². The number of fused-ring (bicyclic) bond motifs is 1. The molecule has 0 unspecified atom stereocenters. The van der Waals surface area contributed by atoms with Gasteiger partial charge in [-0.3, -0.25) is 4.72 Å². The van der Waals surface area contributed by atoms with Crippen LogP contribution in [0.3, 0.4) is 0 Å². The van der Waals surface area contributed by atoms with E-state index in [1.54, 1.807) is 19.1 Å². The Morgan fingerprint density at radius 2 is 1.68 bits per heavy atom. The lowest BCUT2D eigenvalue weighted by Gasteiger charge is -2.14. The number of para-hydroxylation sites is 2. The fourth-order valence-corrected chi connectivity index (χ4v) is 3.80. The number of nitrogens with zero attached hydrogens (tertiary/aromatic N) is 2. The highest BCUT2D eigenvalue weighted by Crippen LogP contribution is 2.28. The number of sulfonamides is 1. The molecular weight excluding hydrogens is 376 g/mol. The van der Waals surface area contributed by atoms with E-state index >= 15 is 0 Å². The first-order valence-electron chi connectivity index (χ1n) is 8.60. The van der Waals surface area contributed by atoms with Gasteiger partial charge in [-0.1, -0.05) is 35.0 Å². The van der Waals surface area contributed by atoms with Crippen LogP contribution in [0, 0.1) is 13.8 Å². The van der Waals surface area contributed by atoms with Crippen molar-refractivity contribution in [2.75, 3.05) is 10.0 Å². The van der Waals surface area contributed by atoms with E-state index in [9.17, 15) is 8.42 Å². The van der Waals surface area contributed by atoms with E-state index in [0.717, 1.165) is 11.3 Å². The van der Waals surface area contributed by atoms with Gasteiger partial charge in [0.1, 0.15) is 4.90 Å². The molecule has 0 amide bonds. The third-order valence-electron chi connectivity index (χ3n) is 4.30. The summed E-state index contributed by atoms with van der Waals surface area (Å²) in [7, 11) is -3.84. The minimum atomic E-state index is -3.84. The average molecular weight is 394 g/mol. The first-order valence-corrected chi connectivity index (χ1v) is 10.1. The molecule has 0 spiro atoms. The predicted octanol–water partition coefficient (Wildman–Crippen LogP) is 4.38. The summed E-state index contributed by atoms with van der Waals surface area (Å²) in [4.78, 5) is 4.08. The molecule has 4 aromatic rings. The van der Waals surface area contributed by atoms with Crippen molar-refractivity contribution in [3.63, 3.8) is 0 Å². The van der Waals surface area contributed by atoms with Crippen molar-refractivity contribution in [3.05, 3.63) is 72.1 Å². The number of pyridine rings is 1. The molecular formula is C20H18N4O3S. The Morgan fingerprint density at radius 3 is 2.43 bits per heavy atom. The van der Waals surface area contributed by atoms with E-state index in [4.69, 9.17) is 4.52 Å². The third-order valence-corrected chi connectivity index (χ3v) is 5.63. The summed E-state index contributed by atoms with van der Waals surface area (Å²) in [5.41, 5.74) is 3.97. The highest BCUT2D eigenvalue weighted by atomic mass is 32.2. The second-order valence-corrected chi connectivity index (χ2v) is 8.12. The largest absolute Gasteiger partial charge is 0.354 e. The van der Waals surface area contributed by atoms with Gasteiger partial charge in [-0.25, -0.2) is 13.4 Å². The Kier molecular flexibility index (Phi) is 4.48. The molecule has 0 aliphatic carbocycles. The minimum absolute atomic E-state index is 0.0384. The zero-order chi connectivity index (χ0) is 19.7. The molecule has 4 rings (SSSR count). The van der Waals surface area contributed by atoms with Gasteiger partial charge in [0.2, 0.25) is 0 Å². The fourth-order valence-electron chi connectivity index (χ4n) is 2.75. The van der Waals surface area contributed by atoms with Crippen LogP contribution >= 0.6 is 0 Å². The van der Waals surface area contributed by atoms with Crippen LogP contribution in [-0.4, -0.2) is 18.6 Å². The van der Waals surface area contributed by atoms with Crippen LogP contribution in [-0.2, 0) is 10.0 Å². The van der Waals surface area contributed by atoms with Gasteiger partial charge in [0, 0.05) is 5.69 Å². The van der Waals surface area contributed by atoms with E-state index in [-0.39, 0.29) is 4.90 Å². The zero-order valence-corrected chi connectivity index (χ0v) is 16.1. The molecule has 7 nitrogen and oxygen atoms in total. The lowest BCUT2D eigenvalue weighted by molar-refractivity contribution is 0.442. The second-order valence-electron chi connectivity index (χ2n) is 6.43. The maximum absolute atomic E-state index is 12.9. The van der Waals surface area contributed by atoms with Crippen LogP contribution in [0.15, 0.2) is 70.2 Å². The van der Waals surface area contributed by atoms with E-state index in [2.05, 4.69) is 20.2 Å². The Morgan fingerprint density at radius 1 is 0.964 bits per heavy atom. The molecule has 2 aromatic heterocycles. The van der Waals surface area contributed by atoms with Crippen molar-refractivity contribution in [1.82, 2.24) is 10.1 Å². The molecule has 0 atom stereocenters. The highest BCUT2D eigenvalue weighted by Gasteiger charge is 2.19. The van der Waals surface area contributed by atoms with E-state index in [1.807, 2.05) is 43.3 Å². The molecule has 0 aliphatic rings. The number of nitrogens with one attached hydrogen (secondary N) is 2. The number of anilines is 3. The third kappa shape index (κ3) is 3.54. The first kappa shape index (κ1) is 18.0. The Balaban J connectivity index is 1.65. The molecule has 0 fully saturated rings. The molecule has 2 heterocycles. The van der Waals surface area contributed by atoms with Crippen LogP contribution < -0.4 is 10.0 Å². The first-order chi connectivity index (χ1) is 13.4. The van der Waals surface area contributed by atoms with Crippen molar-refractivity contribution < 1.29 is 12.9 Å². The normalized spacial score (nSPS) is 11.5. The Bertz CT molecular complexity index is 1250. The molecule has 8 heteroatoms. The Labute approximate surface area is 162 Å². The monoisotopic (exact) mass is 394 g/mol. The molecule has 2 aromatic carbocycles. The number of rotatable bonds is 5. The maximum atomic E-state index is 12.9. The number of benzene rings is 2. The van der Waals surface area contributed by atoms with Crippen molar-refractivity contribution in [2.45, 2.75) is 18.7 Å². The summed E-state index contributed by atoms with van der Waals surface area (Å²) in [6.07, 6.45) is 1.26. The summed E-state index contributed by atoms with van der Waals surface area (Å²) in [6, 6.07) is 16.5. The topological polar surface area (TPSA) is 97.1 Å². The molecule has 28 heavy (non-hydrogen) atoms. The van der Waals surface area contributed by atoms with Crippen LogP contribution in [0.4, 0.5) is 17.1 Å². The van der Waals surface area contributed by atoms with E-state index in [0.29, 0.717) is 28.2 Å². The van der Waals surface area contributed by atoms with E-state index in [1.165, 1.54) is 12.3 Å². The van der Waals surface area contributed by atoms with Crippen LogP contribution in [0.5, 0.6) is 0 Å². The fraction of sp³-hybridized carbons (Fsp3) is 0.100. The Hall–Kier alpha value is -3.39. The number of aryl methyl sites for hydroxylation is 2. The van der Waals surface area contributed by atoms with Gasteiger partial charge in [-0.2, -0.15) is 0 Å². The predicted molar refractivity (Wildman–Crippen MR) is 108 cm³/mol. The summed E-state index contributed by atoms with van der Waals surface area (Å²) in [6.45, 7) is 3.74. The summed E-state index contributed by atoms with van der Waals surface area (Å²) < 4.78 is 33.5. The molecule has 0 radical (unpaired) electrons. The SMILES string of the molecule is Cc1ccc(Nc2ccccc2NS(=O)(=O)c2cnc3onc(C)c3c2)cc1. The number of hydrogen-bond acceptors (Lipinski definition) is 6. The highest BCUT2D eigenvalue weighted by molar-refractivity contribution is 7.92. The minimum Gasteiger partial charge on any atom is -0.354 e. The van der Waals surface area contributed by atoms with Gasteiger partial charge in [-0.15, -0.1) is 0 Å². The van der Waals surface area contributed by atoms with Gasteiger partial charge >= 0.3 is 0 Å². The zero-order valence-electron chi connectivity index (χ0n) is 15.3. The smallest absolute Gasteiger partial charge is 0.263 e. The average Bonchev–Trinajstić information content (AvgIpc) is 3.05. The van der Waals surface area contributed by atoms with Crippen LogP contribution in [0.2, 0.25) is 0 Å². The van der Waals surface area contributed by atoms with Crippen LogP contribution in [0.1, 0.15) is 11.3 Å². The van der Waals surface area contributed by atoms with Gasteiger partial charge in [0.05, 0.1) is 28.7 Å². The van der Waals surface area contributed by atoms with Crippen molar-refractivity contribution in [2.24, 2.45) is 0 Å². The van der Waals surface area contributed by atoms with Gasteiger partial charge < -0.3 is 9.84 Å². The standard InChI is InChI=1S/C20H18N4O3S/c1-13-7-9-15(10-8-13)22-18-5-3-4-6-19(18)24-28(25,26)16-11-17-14(2)23-27-20(17)21-12-16/h3-12,22,24H,1-2H3. The van der Waals surface area contributed by atoms with Crippen molar-refractivity contribution in [1.29, 1.82) is 0 Å². The number of hydrogen-bond donors (Lipinski definition) is 2. The second kappa shape index (κ2) is 6.97. The molecule has 0 bridgehead atoms. The summed E-state index contributed by atoms with van der Waals surface area (Å²) in [5, 5.41) is 7.61. The maximum Gasteiger partial charge on any atom is 0.263 e. The lowest BCUT2D eigenvalue weighted by Crippen LogP contribution is -2.14. The van der Waals surface area contributed by atoms with Crippen molar-refractivity contribution in [3.8, 4) is 0 Å². The van der Waals surface area contributed by atoms with Crippen LogP contribution in [0.25, 0.3) is 11.1 Å². The van der Waals surface area contributed by atoms with Crippen molar-refractivity contribution >= 4 is 38.2 Å². The molecule has 2 N–H and O–H groups in total. The van der Waals surface area contributed by atoms with E-state index < -0.39 is 10.0 Å². The number of aromatic nitrogens is 2. The summed E-state index contributed by atoms with van der Waals surface area (Å²) in [5.74, 6) is 0. The van der Waals surface area contributed by atoms with Gasteiger partial charge in [-0.05, 0) is 44.2 Å². The van der Waals surface area contributed by atoms with Gasteiger partial charge in [0.15, 0.2) is 0 Å². The molecule has 0 saturated heterocycles. The molecule has 0 saturated carbocycles. The lowest BCUT2D eigenvalue weighted by atomic mass is 10.2. The molecule has 142 valence electrons. The summed E-state index contributed by atoms with van der Waals surface area (Å²) >= 11 is 0. The quantitative estimate of drug-likeness (QED) is 0.521. The molecule has 0 aliphatic heterocycles.